The van der Waals surface area contributed by atoms with Crippen LogP contribution in [0.5, 0.6) is 5.75 Å². The van der Waals surface area contributed by atoms with Crippen molar-refractivity contribution in [1.82, 2.24) is 5.48 Å². The predicted octanol–water partition coefficient (Wildman–Crippen LogP) is 2.72. The molecule has 0 spiro atoms. The van der Waals surface area contributed by atoms with E-state index in [1.54, 1.807) is 0 Å². The molecule has 0 bridgehead atoms. The van der Waals surface area contributed by atoms with Crippen LogP contribution in [-0.2, 0) is 4.79 Å². The normalized spacial score (nSPS) is 12.9. The molecule has 0 saturated heterocycles. The summed E-state index contributed by atoms with van der Waals surface area (Å²) in [6.07, 6.45) is 1.52. The molecular weight excluding hydrogens is 242 g/mol. The van der Waals surface area contributed by atoms with Gasteiger partial charge in [0.2, 0.25) is 0 Å². The first-order valence-corrected chi connectivity index (χ1v) is 5.75. The number of rotatable bonds is 2. The van der Waals surface area contributed by atoms with Crippen LogP contribution < -0.4 is 10.3 Å². The third kappa shape index (κ3) is 1.74. The van der Waals surface area contributed by atoms with E-state index in [4.69, 9.17) is 9.94 Å². The van der Waals surface area contributed by atoms with Crippen LogP contribution in [0.2, 0.25) is 0 Å². The van der Waals surface area contributed by atoms with Crippen molar-refractivity contribution >= 4 is 22.3 Å². The molecule has 0 radical (unpaired) electrons. The van der Waals surface area contributed by atoms with Gasteiger partial charge in [0.15, 0.2) is 5.75 Å². The summed E-state index contributed by atoms with van der Waals surface area (Å²) in [5.74, 6) is -0.451. The minimum absolute atomic E-state index is 0.0356. The molecule has 2 N–H and O–H groups in total. The molecule has 0 atom stereocenters. The maximum Gasteiger partial charge on any atom is 0.335 e. The van der Waals surface area contributed by atoms with Crippen LogP contribution in [0.1, 0.15) is 5.56 Å². The highest BCUT2D eigenvalue weighted by molar-refractivity contribution is 6.10. The highest BCUT2D eigenvalue weighted by Crippen LogP contribution is 2.38. The van der Waals surface area contributed by atoms with Crippen LogP contribution in [0.3, 0.4) is 0 Å². The smallest absolute Gasteiger partial charge is 0.335 e. The largest absolute Gasteiger partial charge is 0.478 e. The number of hydrogen-bond donors (Lipinski definition) is 2. The van der Waals surface area contributed by atoms with Crippen LogP contribution in [0.4, 0.5) is 0 Å². The zero-order valence-electron chi connectivity index (χ0n) is 10.0. The standard InChI is InChI=1S/C15H11NO3/c1-9(15(17)18)12-8-16-19-13-7-6-10-4-2-3-5-11(10)14(12)13/h2-8,16H,1H2,(H,17,18). The van der Waals surface area contributed by atoms with Gasteiger partial charge in [-0.05, 0) is 16.8 Å². The first-order chi connectivity index (χ1) is 9.18. The van der Waals surface area contributed by atoms with Gasteiger partial charge < -0.3 is 9.94 Å². The lowest BCUT2D eigenvalue weighted by Gasteiger charge is -2.20. The van der Waals surface area contributed by atoms with Gasteiger partial charge in [0.1, 0.15) is 0 Å². The maximum absolute atomic E-state index is 11.1. The number of carboxylic acid groups (broad SMARTS) is 1. The van der Waals surface area contributed by atoms with Gasteiger partial charge in [0, 0.05) is 17.3 Å². The quantitative estimate of drug-likeness (QED) is 0.808. The molecule has 1 heterocycles. The summed E-state index contributed by atoms with van der Waals surface area (Å²) in [7, 11) is 0. The zero-order valence-corrected chi connectivity index (χ0v) is 10.0. The molecular formula is C15H11NO3. The van der Waals surface area contributed by atoms with Gasteiger partial charge in [-0.25, -0.2) is 10.3 Å². The molecule has 4 heteroatoms. The van der Waals surface area contributed by atoms with Crippen LogP contribution >= 0.6 is 0 Å². The van der Waals surface area contributed by atoms with Crippen molar-refractivity contribution in [3.05, 3.63) is 60.3 Å². The van der Waals surface area contributed by atoms with Crippen LogP contribution in [0.25, 0.3) is 16.3 Å². The van der Waals surface area contributed by atoms with Gasteiger partial charge in [-0.3, -0.25) is 0 Å². The lowest BCUT2D eigenvalue weighted by molar-refractivity contribution is -0.132. The summed E-state index contributed by atoms with van der Waals surface area (Å²) in [5.41, 5.74) is 3.93. The monoisotopic (exact) mass is 253 g/mol. The zero-order chi connectivity index (χ0) is 13.4. The molecule has 0 saturated carbocycles. The highest BCUT2D eigenvalue weighted by atomic mass is 16.6. The lowest BCUT2D eigenvalue weighted by Crippen LogP contribution is -2.19. The number of benzene rings is 2. The molecule has 0 fully saturated rings. The fourth-order valence-corrected chi connectivity index (χ4v) is 2.19. The van der Waals surface area contributed by atoms with Gasteiger partial charge in [0.05, 0.1) is 5.57 Å². The SMILES string of the molecule is C=C(C(=O)O)C1=CNOc2ccc3ccccc3c21. The predicted molar refractivity (Wildman–Crippen MR) is 72.5 cm³/mol. The Morgan fingerprint density at radius 2 is 2.00 bits per heavy atom. The van der Waals surface area contributed by atoms with Crippen LogP contribution in [0.15, 0.2) is 54.8 Å². The van der Waals surface area contributed by atoms with E-state index in [2.05, 4.69) is 12.1 Å². The average Bonchev–Trinajstić information content (AvgIpc) is 2.45. The van der Waals surface area contributed by atoms with Gasteiger partial charge in [0.25, 0.3) is 0 Å². The number of nitrogens with one attached hydrogen (secondary N) is 1. The number of hydrogen-bond acceptors (Lipinski definition) is 3. The van der Waals surface area contributed by atoms with E-state index in [0.29, 0.717) is 11.3 Å². The molecule has 0 amide bonds. The maximum atomic E-state index is 11.1. The molecule has 0 aliphatic carbocycles. The van der Waals surface area contributed by atoms with Crippen molar-refractivity contribution in [2.45, 2.75) is 0 Å². The number of carbonyl (C=O) groups is 1. The molecule has 0 aromatic heterocycles. The Balaban J connectivity index is 2.30. The molecule has 2 aromatic rings. The second kappa shape index (κ2) is 4.17. The topological polar surface area (TPSA) is 58.6 Å². The summed E-state index contributed by atoms with van der Waals surface area (Å²) < 4.78 is 0. The molecule has 4 nitrogen and oxygen atoms in total. The fraction of sp³-hybridized carbons (Fsp3) is 0. The Morgan fingerprint density at radius 1 is 1.21 bits per heavy atom. The third-order valence-corrected chi connectivity index (χ3v) is 3.12. The van der Waals surface area contributed by atoms with E-state index in [1.165, 1.54) is 6.20 Å². The van der Waals surface area contributed by atoms with Gasteiger partial charge in [-0.1, -0.05) is 36.9 Å². The van der Waals surface area contributed by atoms with Crippen molar-refractivity contribution < 1.29 is 14.7 Å². The van der Waals surface area contributed by atoms with E-state index in [0.717, 1.165) is 16.3 Å². The minimum Gasteiger partial charge on any atom is -0.478 e. The second-order valence-electron chi connectivity index (χ2n) is 4.22. The molecule has 1 aliphatic heterocycles. The molecule has 19 heavy (non-hydrogen) atoms. The third-order valence-electron chi connectivity index (χ3n) is 3.12. The molecule has 0 unspecified atom stereocenters. The Morgan fingerprint density at radius 3 is 2.79 bits per heavy atom. The Labute approximate surface area is 109 Å². The van der Waals surface area contributed by atoms with E-state index in [-0.39, 0.29) is 5.57 Å². The minimum atomic E-state index is -1.05. The highest BCUT2D eigenvalue weighted by Gasteiger charge is 2.22. The molecule has 94 valence electrons. The number of hydroxylamine groups is 1. The van der Waals surface area contributed by atoms with Crippen LogP contribution in [-0.4, -0.2) is 11.1 Å². The van der Waals surface area contributed by atoms with Crippen molar-refractivity contribution in [2.24, 2.45) is 0 Å². The Hall–Kier alpha value is -2.75. The van der Waals surface area contributed by atoms with Crippen molar-refractivity contribution in [2.75, 3.05) is 0 Å². The number of carboxylic acids is 1. The fourth-order valence-electron chi connectivity index (χ4n) is 2.19. The number of aliphatic carboxylic acids is 1. The van der Waals surface area contributed by atoms with E-state index < -0.39 is 5.97 Å². The second-order valence-corrected chi connectivity index (χ2v) is 4.22. The van der Waals surface area contributed by atoms with E-state index in [9.17, 15) is 4.79 Å². The Kier molecular flexibility index (Phi) is 2.49. The molecule has 2 aromatic carbocycles. The van der Waals surface area contributed by atoms with Crippen molar-refractivity contribution in [3.63, 3.8) is 0 Å². The molecule has 3 rings (SSSR count). The average molecular weight is 253 g/mol. The van der Waals surface area contributed by atoms with E-state index >= 15 is 0 Å². The first kappa shape index (κ1) is 11.3. The van der Waals surface area contributed by atoms with Crippen molar-refractivity contribution in [1.29, 1.82) is 0 Å². The number of fused-ring (bicyclic) bond motifs is 3. The first-order valence-electron chi connectivity index (χ1n) is 5.75. The summed E-state index contributed by atoms with van der Waals surface area (Å²) in [5, 5.41) is 11.1. The summed E-state index contributed by atoms with van der Waals surface area (Å²) in [4.78, 5) is 16.5. The van der Waals surface area contributed by atoms with Gasteiger partial charge in [-0.15, -0.1) is 0 Å². The molecule has 1 aliphatic rings. The van der Waals surface area contributed by atoms with Crippen LogP contribution in [0, 0.1) is 0 Å². The Bertz CT molecular complexity index is 731. The summed E-state index contributed by atoms with van der Waals surface area (Å²) in [6.45, 7) is 3.62. The summed E-state index contributed by atoms with van der Waals surface area (Å²) >= 11 is 0. The lowest BCUT2D eigenvalue weighted by atomic mass is 9.93. The van der Waals surface area contributed by atoms with Crippen molar-refractivity contribution in [3.8, 4) is 5.75 Å². The van der Waals surface area contributed by atoms with Gasteiger partial charge in [-0.2, -0.15) is 0 Å². The van der Waals surface area contributed by atoms with E-state index in [1.807, 2.05) is 36.4 Å². The summed E-state index contributed by atoms with van der Waals surface area (Å²) in [6, 6.07) is 11.5. The van der Waals surface area contributed by atoms with Gasteiger partial charge >= 0.3 is 5.97 Å².